The monoisotopic (exact) mass is 462 g/mol. The Kier molecular flexibility index (Phi) is 6.67. The number of hydrogen-bond acceptors (Lipinski definition) is 6. The molecule has 7 nitrogen and oxygen atoms in total. The summed E-state index contributed by atoms with van der Waals surface area (Å²) in [6, 6.07) is 15.5. The molecular weight excluding hydrogens is 436 g/mol. The lowest BCUT2D eigenvalue weighted by atomic mass is 10.0. The van der Waals surface area contributed by atoms with Gasteiger partial charge in [0.2, 0.25) is 5.91 Å². The summed E-state index contributed by atoms with van der Waals surface area (Å²) in [5.74, 6) is -0.129. The van der Waals surface area contributed by atoms with E-state index < -0.39 is 15.2 Å². The molecule has 1 amide bonds. The number of aryl methyl sites for hydroxylation is 1. The fourth-order valence-corrected chi connectivity index (χ4v) is 4.65. The van der Waals surface area contributed by atoms with Gasteiger partial charge in [-0.3, -0.25) is 20.1 Å². The number of amides is 1. The van der Waals surface area contributed by atoms with Gasteiger partial charge in [-0.25, -0.2) is 8.42 Å². The van der Waals surface area contributed by atoms with Gasteiger partial charge in [0.15, 0.2) is 9.84 Å². The second-order valence-electron chi connectivity index (χ2n) is 8.20. The molecule has 4 rings (SSSR count). The largest absolute Gasteiger partial charge is 0.324 e. The maximum Gasteiger partial charge on any atom is 0.228 e. The Hall–Kier alpha value is -3.36. The molecule has 33 heavy (non-hydrogen) atoms. The van der Waals surface area contributed by atoms with E-state index in [1.54, 1.807) is 24.5 Å². The minimum absolute atomic E-state index is 0.129. The molecule has 1 unspecified atom stereocenters. The number of anilines is 1. The quantitative estimate of drug-likeness (QED) is 0.582. The molecule has 2 N–H and O–H groups in total. The van der Waals surface area contributed by atoms with Gasteiger partial charge in [0.1, 0.15) is 5.37 Å². The van der Waals surface area contributed by atoms with E-state index >= 15 is 0 Å². The third kappa shape index (κ3) is 5.91. The second kappa shape index (κ2) is 9.64. The van der Waals surface area contributed by atoms with E-state index in [9.17, 15) is 13.2 Å². The number of pyridine rings is 2. The average molecular weight is 463 g/mol. The van der Waals surface area contributed by atoms with Gasteiger partial charge in [0.05, 0.1) is 24.0 Å². The predicted molar refractivity (Wildman–Crippen MR) is 130 cm³/mol. The van der Waals surface area contributed by atoms with Crippen LogP contribution in [-0.4, -0.2) is 42.5 Å². The lowest BCUT2D eigenvalue weighted by molar-refractivity contribution is -0.115. The van der Waals surface area contributed by atoms with Crippen LogP contribution in [-0.2, 0) is 21.1 Å². The smallest absolute Gasteiger partial charge is 0.228 e. The van der Waals surface area contributed by atoms with Crippen molar-refractivity contribution in [3.63, 3.8) is 0 Å². The van der Waals surface area contributed by atoms with Crippen LogP contribution in [0.4, 0.5) is 5.69 Å². The number of sulfone groups is 1. The van der Waals surface area contributed by atoms with Crippen LogP contribution in [0.15, 0.2) is 67.0 Å². The molecule has 0 saturated heterocycles. The van der Waals surface area contributed by atoms with E-state index in [2.05, 4.69) is 20.6 Å². The minimum Gasteiger partial charge on any atom is -0.324 e. The van der Waals surface area contributed by atoms with Crippen LogP contribution in [0.5, 0.6) is 0 Å². The van der Waals surface area contributed by atoms with Gasteiger partial charge in [-0.05, 0) is 53.5 Å². The molecule has 2 aromatic heterocycles. The standard InChI is InChI=1S/C25H26N4O3S/c1-17-13-20(9-11-26-17)19-5-3-18(4-6-19)14-24(30)29-22-7-8-23(28-16-22)21-10-12-27-25(15-21)33(2,31)32/h3-11,13,16,25,27H,12,14-15H2,1-2H3,(H,29,30). The number of carbonyl (C=O) groups excluding carboxylic acids is 1. The van der Waals surface area contributed by atoms with Crippen LogP contribution >= 0.6 is 0 Å². The van der Waals surface area contributed by atoms with Crippen LogP contribution in [0.1, 0.15) is 23.4 Å². The molecule has 3 aromatic rings. The summed E-state index contributed by atoms with van der Waals surface area (Å²) in [5, 5.41) is 5.25. The Morgan fingerprint density at radius 3 is 2.55 bits per heavy atom. The molecule has 1 aromatic carbocycles. The number of rotatable bonds is 6. The highest BCUT2D eigenvalue weighted by Crippen LogP contribution is 2.24. The third-order valence-electron chi connectivity index (χ3n) is 5.54. The molecule has 170 valence electrons. The van der Waals surface area contributed by atoms with Crippen molar-refractivity contribution in [2.75, 3.05) is 18.1 Å². The number of carbonyl (C=O) groups is 1. The van der Waals surface area contributed by atoms with Gasteiger partial charge in [-0.1, -0.05) is 30.3 Å². The molecule has 0 saturated carbocycles. The zero-order valence-electron chi connectivity index (χ0n) is 18.6. The van der Waals surface area contributed by atoms with Gasteiger partial charge in [0, 0.05) is 31.1 Å². The first kappa shape index (κ1) is 22.8. The first-order valence-corrected chi connectivity index (χ1v) is 12.6. The van der Waals surface area contributed by atoms with Crippen molar-refractivity contribution in [3.05, 3.63) is 84.0 Å². The molecule has 0 bridgehead atoms. The fraction of sp³-hybridized carbons (Fsp3) is 0.240. The SMILES string of the molecule is Cc1cc(-c2ccc(CC(=O)Nc3ccc(C4=CCNC(S(C)(=O)=O)C4)nc3)cc2)ccn1. The van der Waals surface area contributed by atoms with Crippen LogP contribution in [0.25, 0.3) is 16.7 Å². The van der Waals surface area contributed by atoms with E-state index in [0.29, 0.717) is 24.3 Å². The van der Waals surface area contributed by atoms with Gasteiger partial charge >= 0.3 is 0 Å². The highest BCUT2D eigenvalue weighted by Gasteiger charge is 2.25. The van der Waals surface area contributed by atoms with E-state index in [1.807, 2.05) is 49.4 Å². The molecule has 3 heterocycles. The Morgan fingerprint density at radius 2 is 1.88 bits per heavy atom. The summed E-state index contributed by atoms with van der Waals surface area (Å²) in [5.41, 5.74) is 6.24. The van der Waals surface area contributed by atoms with Gasteiger partial charge in [-0.15, -0.1) is 0 Å². The normalized spacial score (nSPS) is 16.2. The molecule has 1 atom stereocenters. The summed E-state index contributed by atoms with van der Waals surface area (Å²) >= 11 is 0. The Labute approximate surface area is 193 Å². The maximum atomic E-state index is 12.5. The van der Waals surface area contributed by atoms with Gasteiger partial charge in [-0.2, -0.15) is 0 Å². The molecule has 0 fully saturated rings. The maximum absolute atomic E-state index is 12.5. The zero-order chi connectivity index (χ0) is 23.4. The molecule has 8 heteroatoms. The van der Waals surface area contributed by atoms with Crippen molar-refractivity contribution >= 4 is 27.0 Å². The lowest BCUT2D eigenvalue weighted by Gasteiger charge is -2.22. The van der Waals surface area contributed by atoms with Crippen LogP contribution in [0, 0.1) is 6.92 Å². The van der Waals surface area contributed by atoms with Crippen LogP contribution in [0.3, 0.4) is 0 Å². The molecule has 1 aliphatic rings. The fourth-order valence-electron chi connectivity index (χ4n) is 3.77. The van der Waals surface area contributed by atoms with E-state index in [1.165, 1.54) is 6.26 Å². The average Bonchev–Trinajstić information content (AvgIpc) is 2.79. The van der Waals surface area contributed by atoms with Crippen LogP contribution in [0.2, 0.25) is 0 Å². The number of aromatic nitrogens is 2. The number of nitrogens with one attached hydrogen (secondary N) is 2. The zero-order valence-corrected chi connectivity index (χ0v) is 19.4. The molecule has 0 radical (unpaired) electrons. The first-order valence-electron chi connectivity index (χ1n) is 10.7. The number of nitrogens with zero attached hydrogens (tertiary/aromatic N) is 2. The Bertz CT molecular complexity index is 1280. The second-order valence-corrected chi connectivity index (χ2v) is 10.4. The highest BCUT2D eigenvalue weighted by atomic mass is 32.2. The van der Waals surface area contributed by atoms with Crippen molar-refractivity contribution in [1.29, 1.82) is 0 Å². The van der Waals surface area contributed by atoms with E-state index in [0.717, 1.165) is 28.0 Å². The first-order chi connectivity index (χ1) is 15.8. The van der Waals surface area contributed by atoms with Crippen molar-refractivity contribution in [1.82, 2.24) is 15.3 Å². The highest BCUT2D eigenvalue weighted by molar-refractivity contribution is 7.91. The number of benzene rings is 1. The van der Waals surface area contributed by atoms with Gasteiger partial charge in [0.25, 0.3) is 0 Å². The van der Waals surface area contributed by atoms with Crippen molar-refractivity contribution < 1.29 is 13.2 Å². The predicted octanol–water partition coefficient (Wildman–Crippen LogP) is 3.38. The summed E-state index contributed by atoms with van der Waals surface area (Å²) in [4.78, 5) is 21.1. The molecular formula is C25H26N4O3S. The third-order valence-corrected chi connectivity index (χ3v) is 6.91. The molecule has 1 aliphatic heterocycles. The summed E-state index contributed by atoms with van der Waals surface area (Å²) in [6.07, 6.45) is 7.18. The summed E-state index contributed by atoms with van der Waals surface area (Å²) in [7, 11) is -3.18. The van der Waals surface area contributed by atoms with Gasteiger partial charge < -0.3 is 5.32 Å². The van der Waals surface area contributed by atoms with Crippen molar-refractivity contribution in [2.45, 2.75) is 25.1 Å². The van der Waals surface area contributed by atoms with Crippen LogP contribution < -0.4 is 10.6 Å². The summed E-state index contributed by atoms with van der Waals surface area (Å²) < 4.78 is 23.7. The Morgan fingerprint density at radius 1 is 1.09 bits per heavy atom. The lowest BCUT2D eigenvalue weighted by Crippen LogP contribution is -2.39. The van der Waals surface area contributed by atoms with Crippen molar-refractivity contribution in [2.24, 2.45) is 0 Å². The Balaban J connectivity index is 1.36. The molecule has 0 aliphatic carbocycles. The topological polar surface area (TPSA) is 101 Å². The summed E-state index contributed by atoms with van der Waals surface area (Å²) in [6.45, 7) is 2.44. The van der Waals surface area contributed by atoms with Crippen molar-refractivity contribution in [3.8, 4) is 11.1 Å². The molecule has 0 spiro atoms. The van der Waals surface area contributed by atoms with E-state index in [4.69, 9.17) is 0 Å². The minimum atomic E-state index is -3.18. The van der Waals surface area contributed by atoms with E-state index in [-0.39, 0.29) is 12.3 Å². The number of hydrogen-bond donors (Lipinski definition) is 2.